The molecule has 27 heavy (non-hydrogen) atoms. The second kappa shape index (κ2) is 7.86. The fourth-order valence-electron chi connectivity index (χ4n) is 3.72. The van der Waals surface area contributed by atoms with Crippen LogP contribution in [0, 0.1) is 0 Å². The molecule has 6 nitrogen and oxygen atoms in total. The van der Waals surface area contributed by atoms with Gasteiger partial charge in [-0.15, -0.1) is 0 Å². The van der Waals surface area contributed by atoms with Crippen LogP contribution < -0.4 is 14.8 Å². The number of nitrogens with zero attached hydrogens (tertiary/aromatic N) is 2. The molecule has 0 saturated carbocycles. The lowest BCUT2D eigenvalue weighted by Crippen LogP contribution is -2.43. The Balaban J connectivity index is 1.45. The summed E-state index contributed by atoms with van der Waals surface area (Å²) in [5.74, 6) is 1.53. The lowest BCUT2D eigenvalue weighted by molar-refractivity contribution is 0.0602. The quantitative estimate of drug-likeness (QED) is 0.885. The molecular weight excluding hydrogens is 342 g/mol. The van der Waals surface area contributed by atoms with Crippen LogP contribution in [0.3, 0.4) is 0 Å². The average Bonchev–Trinajstić information content (AvgIpc) is 2.73. The van der Waals surface area contributed by atoms with Crippen LogP contribution >= 0.6 is 0 Å². The summed E-state index contributed by atoms with van der Waals surface area (Å²) in [4.78, 5) is 19.2. The molecule has 1 unspecified atom stereocenters. The molecule has 1 amide bonds. The zero-order valence-electron chi connectivity index (χ0n) is 15.6. The molecule has 1 aromatic carbocycles. The summed E-state index contributed by atoms with van der Waals surface area (Å²) < 4.78 is 11.1. The number of rotatable bonds is 4. The predicted molar refractivity (Wildman–Crippen MR) is 104 cm³/mol. The van der Waals surface area contributed by atoms with Crippen LogP contribution in [0.25, 0.3) is 0 Å². The zero-order chi connectivity index (χ0) is 18.6. The van der Waals surface area contributed by atoms with Gasteiger partial charge in [-0.3, -0.25) is 4.79 Å². The van der Waals surface area contributed by atoms with E-state index in [1.54, 1.807) is 12.3 Å². The highest BCUT2D eigenvalue weighted by Crippen LogP contribution is 2.33. The molecule has 142 valence electrons. The Morgan fingerprint density at radius 1 is 1.15 bits per heavy atom. The summed E-state index contributed by atoms with van der Waals surface area (Å²) in [7, 11) is 0. The van der Waals surface area contributed by atoms with E-state index in [1.807, 2.05) is 29.2 Å². The molecule has 1 fully saturated rings. The van der Waals surface area contributed by atoms with E-state index in [4.69, 9.17) is 9.47 Å². The van der Waals surface area contributed by atoms with Crippen LogP contribution in [0.4, 0.5) is 11.4 Å². The minimum Gasteiger partial charge on any atom is -0.486 e. The highest BCUT2D eigenvalue weighted by Gasteiger charge is 2.26. The van der Waals surface area contributed by atoms with Crippen molar-refractivity contribution in [3.63, 3.8) is 0 Å². The van der Waals surface area contributed by atoms with Crippen molar-refractivity contribution in [1.82, 2.24) is 9.88 Å². The number of ether oxygens (including phenoxy) is 2. The largest absolute Gasteiger partial charge is 0.486 e. The number of nitrogens with one attached hydrogen (secondary N) is 1. The van der Waals surface area contributed by atoms with Crippen molar-refractivity contribution in [2.75, 3.05) is 25.1 Å². The molecule has 3 heterocycles. The van der Waals surface area contributed by atoms with Gasteiger partial charge in [-0.2, -0.15) is 0 Å². The van der Waals surface area contributed by atoms with E-state index >= 15 is 0 Å². The molecular formula is C21H25N3O3. The molecule has 2 aromatic rings. The fraction of sp³-hybridized carbons (Fsp3) is 0.429. The Bertz CT molecular complexity index is 807. The maximum Gasteiger partial charge on any atom is 0.272 e. The van der Waals surface area contributed by atoms with Crippen molar-refractivity contribution in [2.24, 2.45) is 0 Å². The number of carbonyl (C=O) groups excluding carboxylic acids is 1. The number of fused-ring (bicyclic) bond motifs is 1. The summed E-state index contributed by atoms with van der Waals surface area (Å²) in [5.41, 5.74) is 2.22. The van der Waals surface area contributed by atoms with Gasteiger partial charge >= 0.3 is 0 Å². The van der Waals surface area contributed by atoms with Gasteiger partial charge < -0.3 is 19.7 Å². The lowest BCUT2D eigenvalue weighted by atomic mass is 9.99. The standard InChI is InChI=1S/C21H25N3O3/c1-2-17-5-3-4-10-24(17)21(25)18-8-6-16(14-22-18)23-15-7-9-19-20(13-15)27-12-11-26-19/h6-9,13-14,17,23H,2-5,10-12H2,1H3. The van der Waals surface area contributed by atoms with Gasteiger partial charge in [0.15, 0.2) is 11.5 Å². The number of hydrogen-bond acceptors (Lipinski definition) is 5. The van der Waals surface area contributed by atoms with E-state index in [0.29, 0.717) is 24.9 Å². The molecule has 2 aliphatic heterocycles. The molecule has 4 rings (SSSR count). The molecule has 6 heteroatoms. The number of likely N-dealkylation sites (tertiary alicyclic amines) is 1. The van der Waals surface area contributed by atoms with Crippen LogP contribution in [0.1, 0.15) is 43.1 Å². The summed E-state index contributed by atoms with van der Waals surface area (Å²) in [5, 5.41) is 3.30. The third-order valence-electron chi connectivity index (χ3n) is 5.17. The first-order valence-corrected chi connectivity index (χ1v) is 9.68. The van der Waals surface area contributed by atoms with Crippen molar-refractivity contribution in [2.45, 2.75) is 38.6 Å². The Morgan fingerprint density at radius 3 is 2.74 bits per heavy atom. The number of amides is 1. The van der Waals surface area contributed by atoms with E-state index in [1.165, 1.54) is 6.42 Å². The number of aromatic nitrogens is 1. The highest BCUT2D eigenvalue weighted by molar-refractivity contribution is 5.92. The van der Waals surface area contributed by atoms with Crippen molar-refractivity contribution < 1.29 is 14.3 Å². The minimum absolute atomic E-state index is 0.0347. The summed E-state index contributed by atoms with van der Waals surface area (Å²) in [6, 6.07) is 9.76. The highest BCUT2D eigenvalue weighted by atomic mass is 16.6. The normalized spacial score (nSPS) is 18.9. The minimum atomic E-state index is 0.0347. The Morgan fingerprint density at radius 2 is 1.96 bits per heavy atom. The maximum atomic E-state index is 12.8. The fourth-order valence-corrected chi connectivity index (χ4v) is 3.72. The second-order valence-corrected chi connectivity index (χ2v) is 6.97. The Hall–Kier alpha value is -2.76. The van der Waals surface area contributed by atoms with Crippen molar-refractivity contribution in [1.29, 1.82) is 0 Å². The number of anilines is 2. The van der Waals surface area contributed by atoms with Gasteiger partial charge in [0.25, 0.3) is 5.91 Å². The van der Waals surface area contributed by atoms with Crippen molar-refractivity contribution in [3.05, 3.63) is 42.2 Å². The van der Waals surface area contributed by atoms with E-state index < -0.39 is 0 Å². The number of piperidine rings is 1. The molecule has 1 aromatic heterocycles. The average molecular weight is 367 g/mol. The molecule has 2 aliphatic rings. The summed E-state index contributed by atoms with van der Waals surface area (Å²) >= 11 is 0. The number of pyridine rings is 1. The number of carbonyl (C=O) groups is 1. The van der Waals surface area contributed by atoms with Gasteiger partial charge in [-0.05, 0) is 49.9 Å². The number of benzene rings is 1. The monoisotopic (exact) mass is 367 g/mol. The van der Waals surface area contributed by atoms with Crippen LogP contribution in [0.15, 0.2) is 36.5 Å². The lowest BCUT2D eigenvalue weighted by Gasteiger charge is -2.35. The topological polar surface area (TPSA) is 63.7 Å². The first-order chi connectivity index (χ1) is 13.2. The van der Waals surface area contributed by atoms with Crippen LogP contribution in [0.5, 0.6) is 11.5 Å². The molecule has 1 saturated heterocycles. The first-order valence-electron chi connectivity index (χ1n) is 9.68. The van der Waals surface area contributed by atoms with Gasteiger partial charge in [0.2, 0.25) is 0 Å². The smallest absolute Gasteiger partial charge is 0.272 e. The third-order valence-corrected chi connectivity index (χ3v) is 5.17. The third kappa shape index (κ3) is 3.84. The Kier molecular flexibility index (Phi) is 5.14. The molecule has 0 radical (unpaired) electrons. The van der Waals surface area contributed by atoms with Crippen molar-refractivity contribution in [3.8, 4) is 11.5 Å². The second-order valence-electron chi connectivity index (χ2n) is 6.97. The van der Waals surface area contributed by atoms with Gasteiger partial charge in [-0.25, -0.2) is 4.98 Å². The SMILES string of the molecule is CCC1CCCCN1C(=O)c1ccc(Nc2ccc3c(c2)OCCO3)cn1. The van der Waals surface area contributed by atoms with Gasteiger partial charge in [0, 0.05) is 24.3 Å². The summed E-state index contributed by atoms with van der Waals surface area (Å²) in [6.07, 6.45) is 6.07. The van der Waals surface area contributed by atoms with E-state index in [2.05, 4.69) is 17.2 Å². The van der Waals surface area contributed by atoms with E-state index in [9.17, 15) is 4.79 Å². The maximum absolute atomic E-state index is 12.8. The first kappa shape index (κ1) is 17.6. The van der Waals surface area contributed by atoms with Gasteiger partial charge in [0.05, 0.1) is 11.9 Å². The Labute approximate surface area is 159 Å². The zero-order valence-corrected chi connectivity index (χ0v) is 15.6. The van der Waals surface area contributed by atoms with Gasteiger partial charge in [0.1, 0.15) is 18.9 Å². The van der Waals surface area contributed by atoms with E-state index in [0.717, 1.165) is 48.7 Å². The van der Waals surface area contributed by atoms with E-state index in [-0.39, 0.29) is 5.91 Å². The van der Waals surface area contributed by atoms with Crippen LogP contribution in [0.2, 0.25) is 0 Å². The number of hydrogen-bond donors (Lipinski definition) is 1. The van der Waals surface area contributed by atoms with Crippen LogP contribution in [-0.2, 0) is 0 Å². The van der Waals surface area contributed by atoms with Gasteiger partial charge in [-0.1, -0.05) is 6.92 Å². The predicted octanol–water partition coefficient (Wildman–Crippen LogP) is 4.00. The molecule has 1 atom stereocenters. The summed E-state index contributed by atoms with van der Waals surface area (Å²) in [6.45, 7) is 4.11. The molecule has 0 spiro atoms. The molecule has 0 bridgehead atoms. The van der Waals surface area contributed by atoms with Crippen molar-refractivity contribution >= 4 is 17.3 Å². The molecule has 1 N–H and O–H groups in total. The van der Waals surface area contributed by atoms with Crippen LogP contribution in [-0.4, -0.2) is 41.6 Å². The molecule has 0 aliphatic carbocycles.